The van der Waals surface area contributed by atoms with Gasteiger partial charge in [0.15, 0.2) is 5.11 Å². The molecule has 0 radical (unpaired) electrons. The Hall–Kier alpha value is -2.81. The number of aromatic nitrogens is 2. The average Bonchev–Trinajstić information content (AvgIpc) is 2.73. The molecule has 1 N–H and O–H groups in total. The topological polar surface area (TPSA) is 65.9 Å². The fourth-order valence-corrected chi connectivity index (χ4v) is 3.32. The molecular formula is C18H19FN6OS. The summed E-state index contributed by atoms with van der Waals surface area (Å²) in [7, 11) is 0. The van der Waals surface area contributed by atoms with Crippen LogP contribution in [0.3, 0.4) is 0 Å². The lowest BCUT2D eigenvalue weighted by atomic mass is 10.1. The third kappa shape index (κ3) is 3.97. The molecule has 0 saturated carbocycles. The van der Waals surface area contributed by atoms with Crippen molar-refractivity contribution < 1.29 is 9.13 Å². The number of nitrogens with one attached hydrogen (secondary N) is 1. The summed E-state index contributed by atoms with van der Waals surface area (Å²) < 4.78 is 18.9. The van der Waals surface area contributed by atoms with Crippen molar-refractivity contribution in [3.63, 3.8) is 0 Å². The Bertz CT molecular complexity index is 854. The van der Waals surface area contributed by atoms with Crippen LogP contribution in [0.1, 0.15) is 12.1 Å². The number of fused-ring (bicyclic) bond motifs is 1. The first-order valence-corrected chi connectivity index (χ1v) is 9.19. The molecule has 4 heterocycles. The van der Waals surface area contributed by atoms with Crippen LogP contribution in [0.15, 0.2) is 41.6 Å². The van der Waals surface area contributed by atoms with Gasteiger partial charge in [0.25, 0.3) is 0 Å². The largest absolute Gasteiger partial charge is 0.491 e. The zero-order valence-corrected chi connectivity index (χ0v) is 15.5. The number of thiocarbonyl (C=S) groups is 1. The maximum Gasteiger partial charge on any atom is 0.213 e. The van der Waals surface area contributed by atoms with E-state index in [1.807, 2.05) is 18.2 Å². The van der Waals surface area contributed by atoms with E-state index in [4.69, 9.17) is 17.0 Å². The Morgan fingerprint density at radius 1 is 1.19 bits per heavy atom. The molecule has 1 saturated heterocycles. The lowest BCUT2D eigenvalue weighted by Gasteiger charge is -2.36. The van der Waals surface area contributed by atoms with Crippen LogP contribution in [0.2, 0.25) is 0 Å². The quantitative estimate of drug-likeness (QED) is 0.480. The van der Waals surface area contributed by atoms with E-state index in [1.54, 1.807) is 12.3 Å². The predicted octanol–water partition coefficient (Wildman–Crippen LogP) is 1.80. The molecule has 0 unspecified atom stereocenters. The van der Waals surface area contributed by atoms with E-state index in [0.717, 1.165) is 32.0 Å². The summed E-state index contributed by atoms with van der Waals surface area (Å²) in [6.07, 6.45) is 2.35. The second kappa shape index (κ2) is 7.83. The molecule has 0 bridgehead atoms. The zero-order chi connectivity index (χ0) is 18.6. The van der Waals surface area contributed by atoms with Gasteiger partial charge in [0.2, 0.25) is 5.95 Å². The summed E-state index contributed by atoms with van der Waals surface area (Å²) >= 11 is 5.47. The summed E-state index contributed by atoms with van der Waals surface area (Å²) in [4.78, 5) is 12.6. The fourth-order valence-electron chi connectivity index (χ4n) is 3.10. The highest BCUT2D eigenvalue weighted by atomic mass is 32.1. The molecule has 7 nitrogen and oxygen atoms in total. The van der Waals surface area contributed by atoms with Gasteiger partial charge < -0.3 is 14.5 Å². The van der Waals surface area contributed by atoms with E-state index in [9.17, 15) is 4.39 Å². The van der Waals surface area contributed by atoms with Gasteiger partial charge in [-0.25, -0.2) is 9.97 Å². The second-order valence-corrected chi connectivity index (χ2v) is 6.60. The number of nitrogens with zero attached hydrogens (tertiary/aromatic N) is 5. The molecule has 27 heavy (non-hydrogen) atoms. The normalized spacial score (nSPS) is 18.0. The molecule has 2 aromatic rings. The molecule has 2 aliphatic heterocycles. The SMILES string of the molecule is Fc1ccc2c(n1)/C(=N\NC(=S)N1CCN(c3ccccn3)CC1)CCO2. The van der Waals surface area contributed by atoms with E-state index < -0.39 is 5.95 Å². The Morgan fingerprint density at radius 3 is 2.81 bits per heavy atom. The minimum atomic E-state index is -0.555. The zero-order valence-electron chi connectivity index (χ0n) is 14.6. The Labute approximate surface area is 161 Å². The Balaban J connectivity index is 1.37. The van der Waals surface area contributed by atoms with Gasteiger partial charge in [-0.05, 0) is 36.5 Å². The van der Waals surface area contributed by atoms with Crippen molar-refractivity contribution in [1.29, 1.82) is 0 Å². The first-order chi connectivity index (χ1) is 13.2. The summed E-state index contributed by atoms with van der Waals surface area (Å²) in [6, 6.07) is 8.75. The molecule has 0 aromatic carbocycles. The Morgan fingerprint density at radius 2 is 2.04 bits per heavy atom. The lowest BCUT2D eigenvalue weighted by molar-refractivity contribution is 0.316. The van der Waals surface area contributed by atoms with Gasteiger partial charge in [-0.2, -0.15) is 9.49 Å². The van der Waals surface area contributed by atoms with Crippen molar-refractivity contribution in [3.05, 3.63) is 48.2 Å². The van der Waals surface area contributed by atoms with E-state index in [2.05, 4.69) is 30.3 Å². The number of ether oxygens (including phenoxy) is 1. The number of anilines is 1. The van der Waals surface area contributed by atoms with Crippen molar-refractivity contribution in [2.75, 3.05) is 37.7 Å². The van der Waals surface area contributed by atoms with E-state index in [1.165, 1.54) is 6.07 Å². The van der Waals surface area contributed by atoms with Crippen LogP contribution in [0, 0.1) is 5.95 Å². The van der Waals surface area contributed by atoms with E-state index >= 15 is 0 Å². The third-order valence-electron chi connectivity index (χ3n) is 4.52. The average molecular weight is 386 g/mol. The standard InChI is InChI=1S/C18H19FN6OS/c19-15-5-4-14-17(21-15)13(6-12-26-14)22-23-18(27)25-10-8-24(9-11-25)16-3-1-2-7-20-16/h1-5,7H,6,8-12H2,(H,23,27)/b22-13-. The van der Waals surface area contributed by atoms with Crippen LogP contribution in [-0.2, 0) is 0 Å². The predicted molar refractivity (Wildman–Crippen MR) is 105 cm³/mol. The van der Waals surface area contributed by atoms with Crippen LogP contribution < -0.4 is 15.1 Å². The summed E-state index contributed by atoms with van der Waals surface area (Å²) in [5.41, 5.74) is 4.00. The van der Waals surface area contributed by atoms with Gasteiger partial charge in [-0.15, -0.1) is 0 Å². The second-order valence-electron chi connectivity index (χ2n) is 6.22. The molecule has 0 aliphatic carbocycles. The molecule has 2 aromatic heterocycles. The number of rotatable bonds is 2. The highest BCUT2D eigenvalue weighted by Gasteiger charge is 2.22. The summed E-state index contributed by atoms with van der Waals surface area (Å²) in [5, 5.41) is 4.92. The van der Waals surface area contributed by atoms with Crippen LogP contribution in [0.25, 0.3) is 0 Å². The van der Waals surface area contributed by atoms with Crippen LogP contribution in [-0.4, -0.2) is 58.5 Å². The molecule has 140 valence electrons. The van der Waals surface area contributed by atoms with Gasteiger partial charge in [-0.3, -0.25) is 5.43 Å². The molecule has 0 atom stereocenters. The molecular weight excluding hydrogens is 367 g/mol. The molecule has 0 amide bonds. The summed E-state index contributed by atoms with van der Waals surface area (Å²) in [6.45, 7) is 3.70. The molecule has 4 rings (SSSR count). The molecule has 2 aliphatic rings. The van der Waals surface area contributed by atoms with Gasteiger partial charge in [-0.1, -0.05) is 6.07 Å². The third-order valence-corrected chi connectivity index (χ3v) is 4.87. The van der Waals surface area contributed by atoms with Crippen LogP contribution in [0.4, 0.5) is 10.2 Å². The molecule has 0 spiro atoms. The maximum atomic E-state index is 13.4. The monoisotopic (exact) mass is 386 g/mol. The van der Waals surface area contributed by atoms with Crippen molar-refractivity contribution in [2.24, 2.45) is 5.10 Å². The fraction of sp³-hybridized carbons (Fsp3) is 0.333. The van der Waals surface area contributed by atoms with Gasteiger partial charge in [0.1, 0.15) is 17.3 Å². The maximum absolute atomic E-state index is 13.4. The first kappa shape index (κ1) is 17.6. The lowest BCUT2D eigenvalue weighted by Crippen LogP contribution is -2.51. The highest BCUT2D eigenvalue weighted by Crippen LogP contribution is 2.23. The van der Waals surface area contributed by atoms with Gasteiger partial charge in [0, 0.05) is 38.8 Å². The van der Waals surface area contributed by atoms with Crippen molar-refractivity contribution in [2.45, 2.75) is 6.42 Å². The van der Waals surface area contributed by atoms with Crippen LogP contribution >= 0.6 is 12.2 Å². The minimum absolute atomic E-state index is 0.427. The minimum Gasteiger partial charge on any atom is -0.491 e. The van der Waals surface area contributed by atoms with Crippen LogP contribution in [0.5, 0.6) is 5.75 Å². The van der Waals surface area contributed by atoms with Gasteiger partial charge in [0.05, 0.1) is 12.3 Å². The number of piperazine rings is 1. The number of pyridine rings is 2. The highest BCUT2D eigenvalue weighted by molar-refractivity contribution is 7.80. The first-order valence-electron chi connectivity index (χ1n) is 8.78. The smallest absolute Gasteiger partial charge is 0.213 e. The number of halogens is 1. The van der Waals surface area contributed by atoms with Crippen molar-refractivity contribution in [1.82, 2.24) is 20.3 Å². The Kier molecular flexibility index (Phi) is 5.10. The van der Waals surface area contributed by atoms with Gasteiger partial charge >= 0.3 is 0 Å². The van der Waals surface area contributed by atoms with E-state index in [-0.39, 0.29) is 0 Å². The van der Waals surface area contributed by atoms with Crippen molar-refractivity contribution in [3.8, 4) is 5.75 Å². The van der Waals surface area contributed by atoms with E-state index in [0.29, 0.717) is 35.3 Å². The number of hydrazone groups is 1. The number of hydrogen-bond acceptors (Lipinski definition) is 6. The molecule has 1 fully saturated rings. The number of hydrogen-bond donors (Lipinski definition) is 1. The summed E-state index contributed by atoms with van der Waals surface area (Å²) in [5.74, 6) is 0.960. The molecule has 9 heteroatoms. The van der Waals surface area contributed by atoms with Crippen molar-refractivity contribution >= 4 is 28.9 Å².